The lowest BCUT2D eigenvalue weighted by Gasteiger charge is -2.28. The number of aryl methyl sites for hydroxylation is 2. The smallest absolute Gasteiger partial charge is 0.153 e. The Kier molecular flexibility index (Phi) is 3.73. The fourth-order valence-electron chi connectivity index (χ4n) is 4.02. The van der Waals surface area contributed by atoms with E-state index in [2.05, 4.69) is 14.7 Å². The van der Waals surface area contributed by atoms with Gasteiger partial charge in [0.2, 0.25) is 0 Å². The average molecular weight is 376 g/mol. The van der Waals surface area contributed by atoms with Crippen LogP contribution in [0.15, 0.2) is 41.1 Å². The van der Waals surface area contributed by atoms with E-state index in [1.807, 2.05) is 44.2 Å². The largest absolute Gasteiger partial charge is 0.488 e. The normalized spacial score (nSPS) is 16.9. The van der Waals surface area contributed by atoms with E-state index in [0.29, 0.717) is 12.4 Å². The topological polar surface area (TPSA) is 86.2 Å². The van der Waals surface area contributed by atoms with Crippen molar-refractivity contribution in [3.05, 3.63) is 59.5 Å². The molecule has 1 aliphatic rings. The van der Waals surface area contributed by atoms with E-state index < -0.39 is 6.10 Å². The third-order valence-electron chi connectivity index (χ3n) is 5.24. The lowest BCUT2D eigenvalue weighted by molar-refractivity contribution is 0.174. The number of imidazole rings is 1. The molecule has 5 rings (SSSR count). The summed E-state index contributed by atoms with van der Waals surface area (Å²) >= 11 is 0. The molecule has 2 unspecified atom stereocenters. The SMILES string of the molecule is Cc1noc(C)c1-c1ccc2nc(C(C)O)n3c2c1OCC3c1ccccn1. The maximum atomic E-state index is 10.4. The summed E-state index contributed by atoms with van der Waals surface area (Å²) in [6, 6.07) is 9.57. The molecule has 142 valence electrons. The van der Waals surface area contributed by atoms with Gasteiger partial charge in [-0.15, -0.1) is 0 Å². The van der Waals surface area contributed by atoms with E-state index in [9.17, 15) is 5.11 Å². The second kappa shape index (κ2) is 6.17. The van der Waals surface area contributed by atoms with Gasteiger partial charge < -0.3 is 18.9 Å². The van der Waals surface area contributed by atoms with Gasteiger partial charge in [0.25, 0.3) is 0 Å². The Morgan fingerprint density at radius 1 is 1.21 bits per heavy atom. The van der Waals surface area contributed by atoms with Crippen LogP contribution in [0.3, 0.4) is 0 Å². The molecule has 0 amide bonds. The molecule has 2 atom stereocenters. The molecular weight excluding hydrogens is 356 g/mol. The molecule has 4 aromatic rings. The van der Waals surface area contributed by atoms with Gasteiger partial charge in [-0.25, -0.2) is 4.98 Å². The van der Waals surface area contributed by atoms with E-state index in [-0.39, 0.29) is 6.04 Å². The van der Waals surface area contributed by atoms with Crippen molar-refractivity contribution < 1.29 is 14.4 Å². The highest BCUT2D eigenvalue weighted by Gasteiger charge is 2.32. The Morgan fingerprint density at radius 3 is 2.75 bits per heavy atom. The second-order valence-electron chi connectivity index (χ2n) is 7.11. The van der Waals surface area contributed by atoms with Crippen molar-refractivity contribution >= 4 is 11.0 Å². The van der Waals surface area contributed by atoms with Crippen molar-refractivity contribution in [2.75, 3.05) is 6.61 Å². The quantitative estimate of drug-likeness (QED) is 0.586. The molecule has 7 nitrogen and oxygen atoms in total. The number of rotatable bonds is 3. The van der Waals surface area contributed by atoms with Crippen molar-refractivity contribution in [3.8, 4) is 16.9 Å². The summed E-state index contributed by atoms with van der Waals surface area (Å²) in [7, 11) is 0. The van der Waals surface area contributed by atoms with E-state index in [4.69, 9.17) is 14.2 Å². The van der Waals surface area contributed by atoms with Crippen LogP contribution in [-0.4, -0.2) is 31.4 Å². The third kappa shape index (κ3) is 2.36. The Morgan fingerprint density at radius 2 is 2.07 bits per heavy atom. The summed E-state index contributed by atoms with van der Waals surface area (Å²) in [5.41, 5.74) is 5.17. The summed E-state index contributed by atoms with van der Waals surface area (Å²) in [6.07, 6.45) is 1.05. The van der Waals surface area contributed by atoms with Gasteiger partial charge in [-0.2, -0.15) is 0 Å². The maximum absolute atomic E-state index is 10.4. The minimum absolute atomic E-state index is 0.164. The number of aliphatic hydroxyl groups is 1. The molecule has 0 saturated carbocycles. The van der Waals surface area contributed by atoms with Crippen LogP contribution in [0.25, 0.3) is 22.2 Å². The van der Waals surface area contributed by atoms with Crippen LogP contribution < -0.4 is 4.74 Å². The highest BCUT2D eigenvalue weighted by Crippen LogP contribution is 2.44. The summed E-state index contributed by atoms with van der Waals surface area (Å²) in [5, 5.41) is 14.5. The van der Waals surface area contributed by atoms with Crippen molar-refractivity contribution in [2.45, 2.75) is 32.9 Å². The predicted molar refractivity (Wildman–Crippen MR) is 103 cm³/mol. The molecule has 0 bridgehead atoms. The third-order valence-corrected chi connectivity index (χ3v) is 5.24. The van der Waals surface area contributed by atoms with Crippen molar-refractivity contribution in [2.24, 2.45) is 0 Å². The van der Waals surface area contributed by atoms with Gasteiger partial charge in [0.1, 0.15) is 35.9 Å². The molecule has 0 radical (unpaired) electrons. The summed E-state index contributed by atoms with van der Waals surface area (Å²) in [6.45, 7) is 5.94. The minimum Gasteiger partial charge on any atom is -0.488 e. The lowest BCUT2D eigenvalue weighted by Crippen LogP contribution is -2.26. The number of benzene rings is 1. The number of ether oxygens (including phenoxy) is 1. The Balaban J connectivity index is 1.82. The second-order valence-corrected chi connectivity index (χ2v) is 7.11. The maximum Gasteiger partial charge on any atom is 0.153 e. The monoisotopic (exact) mass is 376 g/mol. The number of hydrogen-bond donors (Lipinski definition) is 1. The first kappa shape index (κ1) is 16.9. The van der Waals surface area contributed by atoms with E-state index >= 15 is 0 Å². The van der Waals surface area contributed by atoms with E-state index in [0.717, 1.165) is 45.1 Å². The molecule has 1 N–H and O–H groups in total. The molecule has 3 aromatic heterocycles. The first-order chi connectivity index (χ1) is 13.6. The van der Waals surface area contributed by atoms with Crippen molar-refractivity contribution in [1.29, 1.82) is 0 Å². The Hall–Kier alpha value is -3.19. The Bertz CT molecular complexity index is 1160. The number of hydrogen-bond acceptors (Lipinski definition) is 6. The van der Waals surface area contributed by atoms with Gasteiger partial charge in [0.05, 0.1) is 22.5 Å². The fraction of sp³-hybridized carbons (Fsp3) is 0.286. The van der Waals surface area contributed by atoms with Gasteiger partial charge in [-0.05, 0) is 45.0 Å². The highest BCUT2D eigenvalue weighted by molar-refractivity contribution is 5.93. The molecule has 7 heteroatoms. The van der Waals surface area contributed by atoms with Gasteiger partial charge in [-0.3, -0.25) is 4.98 Å². The molecular formula is C21H20N4O3. The minimum atomic E-state index is -0.716. The molecule has 28 heavy (non-hydrogen) atoms. The molecule has 1 aliphatic heterocycles. The molecule has 0 spiro atoms. The van der Waals surface area contributed by atoms with Gasteiger partial charge in [0.15, 0.2) is 5.75 Å². The molecule has 0 fully saturated rings. The zero-order chi connectivity index (χ0) is 19.4. The predicted octanol–water partition coefficient (Wildman–Crippen LogP) is 3.74. The van der Waals surface area contributed by atoms with Gasteiger partial charge in [-0.1, -0.05) is 11.2 Å². The van der Waals surface area contributed by atoms with Crippen LogP contribution in [0.4, 0.5) is 0 Å². The number of aliphatic hydroxyl groups excluding tert-OH is 1. The molecule has 1 aromatic carbocycles. The standard InChI is InChI=1S/C21H20N4O3/c1-11-18(13(3)28-24-11)14-7-8-16-19-20(14)27-10-17(15-6-4-5-9-22-15)25(19)21(23-16)12(2)26/h4-9,12,17,26H,10H2,1-3H3. The van der Waals surface area contributed by atoms with Crippen LogP contribution in [0, 0.1) is 13.8 Å². The first-order valence-electron chi connectivity index (χ1n) is 9.26. The summed E-state index contributed by atoms with van der Waals surface area (Å²) < 4.78 is 13.7. The number of pyridine rings is 1. The number of aromatic nitrogens is 4. The first-order valence-corrected chi connectivity index (χ1v) is 9.26. The number of nitrogens with zero attached hydrogens (tertiary/aromatic N) is 4. The zero-order valence-electron chi connectivity index (χ0n) is 15.9. The molecule has 0 aliphatic carbocycles. The van der Waals surface area contributed by atoms with Gasteiger partial charge >= 0.3 is 0 Å². The lowest BCUT2D eigenvalue weighted by atomic mass is 10.0. The summed E-state index contributed by atoms with van der Waals surface area (Å²) in [4.78, 5) is 9.20. The van der Waals surface area contributed by atoms with Crippen LogP contribution in [-0.2, 0) is 0 Å². The molecule has 0 saturated heterocycles. The molecule has 4 heterocycles. The Labute approximate surface area is 161 Å². The summed E-state index contributed by atoms with van der Waals surface area (Å²) in [5.74, 6) is 2.08. The van der Waals surface area contributed by atoms with Crippen LogP contribution in [0.2, 0.25) is 0 Å². The average Bonchev–Trinajstić information content (AvgIpc) is 3.25. The van der Waals surface area contributed by atoms with Gasteiger partial charge in [0, 0.05) is 11.8 Å². The van der Waals surface area contributed by atoms with Crippen LogP contribution in [0.5, 0.6) is 5.75 Å². The van der Waals surface area contributed by atoms with E-state index in [1.54, 1.807) is 13.1 Å². The zero-order valence-corrected chi connectivity index (χ0v) is 15.9. The van der Waals surface area contributed by atoms with Crippen molar-refractivity contribution in [3.63, 3.8) is 0 Å². The van der Waals surface area contributed by atoms with Crippen molar-refractivity contribution in [1.82, 2.24) is 19.7 Å². The van der Waals surface area contributed by atoms with Crippen LogP contribution in [0.1, 0.15) is 42.0 Å². The van der Waals surface area contributed by atoms with Crippen LogP contribution >= 0.6 is 0 Å². The highest BCUT2D eigenvalue weighted by atomic mass is 16.5. The fourth-order valence-corrected chi connectivity index (χ4v) is 4.02. The van der Waals surface area contributed by atoms with E-state index in [1.165, 1.54) is 0 Å².